The van der Waals surface area contributed by atoms with Crippen LogP contribution in [-0.2, 0) is 41.7 Å². The van der Waals surface area contributed by atoms with Gasteiger partial charge < -0.3 is 38.3 Å². The Bertz CT molecular complexity index is 1600. The lowest BCUT2D eigenvalue weighted by atomic mass is 9.96. The van der Waals surface area contributed by atoms with Gasteiger partial charge in [-0.2, -0.15) is 0 Å². The number of fused-ring (bicyclic) bond motifs is 3. The number of epoxide rings is 1. The number of cyclic esters (lactones) is 1. The molecule has 47 heavy (non-hydrogen) atoms. The van der Waals surface area contributed by atoms with Gasteiger partial charge in [0, 0.05) is 24.5 Å². The highest BCUT2D eigenvalue weighted by molar-refractivity contribution is 5.96. The van der Waals surface area contributed by atoms with Crippen molar-refractivity contribution in [1.82, 2.24) is 0 Å². The van der Waals surface area contributed by atoms with Gasteiger partial charge in [-0.3, -0.25) is 4.79 Å². The molecule has 0 amide bonds. The Balaban J connectivity index is 1.37. The standard InChI is InChI=1S/C35H34O12/c1-21-10-9-15-26(36)32(47-35(40)43-20-23-13-7-4-8-14-23)27(37)18-29-31(45-29)25-16-24(41-2)17-28(30(25)33(38)44-21)46-34(39)42-19-22-11-5-3-6-12-22/h3-9,11-17,21,27,29,31-32,37H,10,18-20H2,1-2H3/b15-9-/t21-,27-,29+,31+,32+/m0/s1. The van der Waals surface area contributed by atoms with Crippen molar-refractivity contribution in [3.63, 3.8) is 0 Å². The Labute approximate surface area is 270 Å². The van der Waals surface area contributed by atoms with Crippen LogP contribution in [0, 0.1) is 0 Å². The number of aliphatic hydroxyl groups excluding tert-OH is 1. The minimum atomic E-state index is -1.59. The van der Waals surface area contributed by atoms with Crippen molar-refractivity contribution in [2.45, 2.75) is 63.5 Å². The highest BCUT2D eigenvalue weighted by atomic mass is 16.7. The molecule has 12 heteroatoms. The SMILES string of the molecule is COc1cc(OC(=O)OCc2ccccc2)c2c(c1)[C@H]1O[C@@H]1C[C@H](O)[C@H](OC(=O)OCc1ccccc1)C(=O)/C=C\C[C@H](C)OC2=O. The Morgan fingerprint density at radius 2 is 1.55 bits per heavy atom. The molecule has 5 atom stereocenters. The van der Waals surface area contributed by atoms with E-state index in [1.807, 2.05) is 12.1 Å². The molecule has 12 nitrogen and oxygen atoms in total. The zero-order valence-electron chi connectivity index (χ0n) is 25.7. The van der Waals surface area contributed by atoms with Crippen molar-refractivity contribution < 1.29 is 57.4 Å². The van der Waals surface area contributed by atoms with Crippen LogP contribution in [0.4, 0.5) is 9.59 Å². The molecule has 1 fully saturated rings. The molecule has 1 saturated heterocycles. The summed E-state index contributed by atoms with van der Waals surface area (Å²) < 4.78 is 38.1. The maximum atomic E-state index is 13.5. The van der Waals surface area contributed by atoms with Crippen LogP contribution in [-0.4, -0.2) is 60.7 Å². The first-order valence-corrected chi connectivity index (χ1v) is 14.9. The third-order valence-electron chi connectivity index (χ3n) is 7.41. The molecular weight excluding hydrogens is 612 g/mol. The molecule has 0 bridgehead atoms. The molecule has 0 unspecified atom stereocenters. The summed E-state index contributed by atoms with van der Waals surface area (Å²) >= 11 is 0. The lowest BCUT2D eigenvalue weighted by Crippen LogP contribution is -2.38. The topological polar surface area (TPSA) is 156 Å². The van der Waals surface area contributed by atoms with E-state index in [0.29, 0.717) is 5.56 Å². The monoisotopic (exact) mass is 646 g/mol. The van der Waals surface area contributed by atoms with Gasteiger partial charge in [0.1, 0.15) is 42.8 Å². The number of hydrogen-bond donors (Lipinski definition) is 1. The Kier molecular flexibility index (Phi) is 10.9. The predicted octanol–water partition coefficient (Wildman–Crippen LogP) is 5.40. The van der Waals surface area contributed by atoms with E-state index in [4.69, 9.17) is 33.2 Å². The van der Waals surface area contributed by atoms with Crippen molar-refractivity contribution in [2.24, 2.45) is 0 Å². The van der Waals surface area contributed by atoms with Crippen molar-refractivity contribution >= 4 is 24.1 Å². The maximum absolute atomic E-state index is 13.5. The molecule has 2 aliphatic heterocycles. The quantitative estimate of drug-likeness (QED) is 0.151. The van der Waals surface area contributed by atoms with Crippen molar-refractivity contribution in [2.75, 3.05) is 7.11 Å². The molecule has 2 aliphatic rings. The molecule has 0 saturated carbocycles. The highest BCUT2D eigenvalue weighted by Gasteiger charge is 2.47. The number of carbonyl (C=O) groups is 4. The lowest BCUT2D eigenvalue weighted by molar-refractivity contribution is -0.131. The first kappa shape index (κ1) is 33.2. The number of rotatable bonds is 7. The van der Waals surface area contributed by atoms with E-state index < -0.39 is 54.6 Å². The Hall–Kier alpha value is -5.20. The van der Waals surface area contributed by atoms with Crippen molar-refractivity contribution in [3.8, 4) is 11.5 Å². The smallest absolute Gasteiger partial charge is 0.497 e. The summed E-state index contributed by atoms with van der Waals surface area (Å²) in [7, 11) is 1.40. The second-order valence-corrected chi connectivity index (χ2v) is 10.9. The maximum Gasteiger partial charge on any atom is 0.514 e. The molecule has 5 rings (SSSR count). The van der Waals surface area contributed by atoms with E-state index in [0.717, 1.165) is 11.6 Å². The van der Waals surface area contributed by atoms with Gasteiger partial charge in [0.05, 0.1) is 13.2 Å². The summed E-state index contributed by atoms with van der Waals surface area (Å²) in [6.45, 7) is 1.45. The predicted molar refractivity (Wildman–Crippen MR) is 164 cm³/mol. The Morgan fingerprint density at radius 1 is 0.915 bits per heavy atom. The second kappa shape index (κ2) is 15.4. The molecule has 0 aromatic heterocycles. The Morgan fingerprint density at radius 3 is 2.19 bits per heavy atom. The van der Waals surface area contributed by atoms with E-state index >= 15 is 0 Å². The largest absolute Gasteiger partial charge is 0.514 e. The van der Waals surface area contributed by atoms with Gasteiger partial charge in [0.2, 0.25) is 0 Å². The van der Waals surface area contributed by atoms with Gasteiger partial charge in [0.25, 0.3) is 0 Å². The first-order valence-electron chi connectivity index (χ1n) is 14.9. The van der Waals surface area contributed by atoms with Crippen LogP contribution < -0.4 is 9.47 Å². The van der Waals surface area contributed by atoms with Gasteiger partial charge in [-0.15, -0.1) is 0 Å². The zero-order chi connectivity index (χ0) is 33.3. The van der Waals surface area contributed by atoms with Crippen LogP contribution in [0.5, 0.6) is 11.5 Å². The van der Waals surface area contributed by atoms with Gasteiger partial charge in [-0.25, -0.2) is 14.4 Å². The molecule has 0 aliphatic carbocycles. The molecule has 2 heterocycles. The van der Waals surface area contributed by atoms with Gasteiger partial charge in [-0.1, -0.05) is 66.7 Å². The van der Waals surface area contributed by atoms with Crippen LogP contribution >= 0.6 is 0 Å². The minimum Gasteiger partial charge on any atom is -0.497 e. The van der Waals surface area contributed by atoms with Gasteiger partial charge >= 0.3 is 18.3 Å². The third-order valence-corrected chi connectivity index (χ3v) is 7.41. The number of esters is 1. The summed E-state index contributed by atoms with van der Waals surface area (Å²) in [5.41, 5.74) is 1.62. The first-order chi connectivity index (χ1) is 22.7. The van der Waals surface area contributed by atoms with E-state index in [1.54, 1.807) is 55.5 Å². The molecule has 3 aromatic carbocycles. The number of ether oxygens (including phenoxy) is 7. The lowest BCUT2D eigenvalue weighted by Gasteiger charge is -2.21. The molecule has 0 spiro atoms. The molecule has 246 valence electrons. The number of ketones is 1. The van der Waals surface area contributed by atoms with Gasteiger partial charge in [0.15, 0.2) is 17.6 Å². The average molecular weight is 647 g/mol. The molecule has 3 aromatic rings. The summed E-state index contributed by atoms with van der Waals surface area (Å²) in [5.74, 6) is -1.43. The third kappa shape index (κ3) is 8.96. The number of methoxy groups -OCH3 is 1. The fourth-order valence-corrected chi connectivity index (χ4v) is 4.99. The minimum absolute atomic E-state index is 0.0624. The fourth-order valence-electron chi connectivity index (χ4n) is 4.99. The van der Waals surface area contributed by atoms with Crippen molar-refractivity contribution in [3.05, 3.63) is 107 Å². The zero-order valence-corrected chi connectivity index (χ0v) is 25.7. The van der Waals surface area contributed by atoms with E-state index in [-0.39, 0.29) is 48.7 Å². The number of aliphatic hydroxyl groups is 1. The number of carbonyl (C=O) groups excluding carboxylic acids is 4. The van der Waals surface area contributed by atoms with Gasteiger partial charge in [-0.05, 0) is 30.2 Å². The van der Waals surface area contributed by atoms with Crippen LogP contribution in [0.2, 0.25) is 0 Å². The van der Waals surface area contributed by atoms with Crippen LogP contribution in [0.3, 0.4) is 0 Å². The highest BCUT2D eigenvalue weighted by Crippen LogP contribution is 2.47. The van der Waals surface area contributed by atoms with Crippen LogP contribution in [0.15, 0.2) is 84.9 Å². The normalized spacial score (nSPS) is 23.1. The summed E-state index contributed by atoms with van der Waals surface area (Å²) in [4.78, 5) is 51.9. The van der Waals surface area contributed by atoms with E-state index in [9.17, 15) is 24.3 Å². The molecular formula is C35H34O12. The summed E-state index contributed by atoms with van der Waals surface area (Å²) in [6, 6.07) is 20.8. The van der Waals surface area contributed by atoms with E-state index in [1.165, 1.54) is 25.3 Å². The van der Waals surface area contributed by atoms with Crippen LogP contribution in [0.25, 0.3) is 0 Å². The molecule has 1 N–H and O–H groups in total. The summed E-state index contributed by atoms with van der Waals surface area (Å²) in [5, 5.41) is 11.1. The second-order valence-electron chi connectivity index (χ2n) is 10.9. The fraction of sp³-hybridized carbons (Fsp3) is 0.314. The average Bonchev–Trinajstić information content (AvgIpc) is 3.84. The summed E-state index contributed by atoms with van der Waals surface area (Å²) in [6.07, 6.45) is -4.99. The van der Waals surface area contributed by atoms with E-state index in [2.05, 4.69) is 0 Å². The number of hydrogen-bond acceptors (Lipinski definition) is 12. The van der Waals surface area contributed by atoms with Crippen molar-refractivity contribution in [1.29, 1.82) is 0 Å². The number of benzene rings is 3. The molecule has 0 radical (unpaired) electrons. The van der Waals surface area contributed by atoms with Crippen LogP contribution in [0.1, 0.15) is 52.9 Å².